The molecule has 0 saturated heterocycles. The Kier molecular flexibility index (Phi) is 7.76. The minimum atomic E-state index is 0.597. The lowest BCUT2D eigenvalue weighted by Gasteiger charge is -2.31. The van der Waals surface area contributed by atoms with Crippen LogP contribution in [0.25, 0.3) is 0 Å². The summed E-state index contributed by atoms with van der Waals surface area (Å²) in [6, 6.07) is 6.99. The summed E-state index contributed by atoms with van der Waals surface area (Å²) in [6.45, 7) is 8.61. The van der Waals surface area contributed by atoms with E-state index >= 15 is 0 Å². The number of nitrogens with zero attached hydrogens (tertiary/aromatic N) is 1. The minimum absolute atomic E-state index is 0.597. The molecule has 0 heterocycles. The van der Waals surface area contributed by atoms with Crippen molar-refractivity contribution in [1.29, 1.82) is 0 Å². The predicted octanol–water partition coefficient (Wildman–Crippen LogP) is 3.46. The molecule has 1 unspecified atom stereocenters. The third-order valence-corrected chi connectivity index (χ3v) is 4.40. The Balaban J connectivity index is 2.56. The molecule has 3 heteroatoms. The molecule has 1 aromatic carbocycles. The van der Waals surface area contributed by atoms with Crippen LogP contribution in [0, 0.1) is 12.8 Å². The first kappa shape index (κ1) is 18.0. The lowest BCUT2D eigenvalue weighted by molar-refractivity contribution is 0.194. The molecule has 0 spiro atoms. The number of nitrogens with one attached hydrogen (secondary N) is 1. The molecule has 0 aliphatic rings. The van der Waals surface area contributed by atoms with Crippen molar-refractivity contribution in [2.75, 3.05) is 27.7 Å². The third kappa shape index (κ3) is 5.33. The van der Waals surface area contributed by atoms with Crippen molar-refractivity contribution in [3.8, 4) is 5.75 Å². The monoisotopic (exact) mass is 292 g/mol. The Labute approximate surface area is 130 Å². The average Bonchev–Trinajstić information content (AvgIpc) is 2.46. The van der Waals surface area contributed by atoms with Crippen molar-refractivity contribution in [1.82, 2.24) is 10.2 Å². The van der Waals surface area contributed by atoms with Crippen molar-refractivity contribution in [2.45, 2.75) is 46.2 Å². The number of benzene rings is 1. The van der Waals surface area contributed by atoms with Crippen LogP contribution in [0.15, 0.2) is 18.2 Å². The smallest absolute Gasteiger partial charge is 0.121 e. The summed E-state index contributed by atoms with van der Waals surface area (Å²) in [7, 11) is 6.09. The highest BCUT2D eigenvalue weighted by Crippen LogP contribution is 2.19. The average molecular weight is 292 g/mol. The molecule has 1 rings (SSSR count). The molecule has 0 aromatic heterocycles. The van der Waals surface area contributed by atoms with E-state index in [0.717, 1.165) is 24.8 Å². The zero-order valence-electron chi connectivity index (χ0n) is 14.6. The molecule has 0 aliphatic carbocycles. The molecule has 3 nitrogen and oxygen atoms in total. The second-order valence-electron chi connectivity index (χ2n) is 6.04. The van der Waals surface area contributed by atoms with Crippen LogP contribution in [0.5, 0.6) is 5.75 Å². The molecule has 0 bridgehead atoms. The van der Waals surface area contributed by atoms with Crippen LogP contribution in [0.3, 0.4) is 0 Å². The zero-order valence-corrected chi connectivity index (χ0v) is 14.6. The van der Waals surface area contributed by atoms with Gasteiger partial charge >= 0.3 is 0 Å². The number of hydrogen-bond acceptors (Lipinski definition) is 3. The van der Waals surface area contributed by atoms with Crippen LogP contribution in [-0.2, 0) is 6.54 Å². The van der Waals surface area contributed by atoms with Gasteiger partial charge in [-0.1, -0.05) is 38.8 Å². The van der Waals surface area contributed by atoms with Gasteiger partial charge in [0.05, 0.1) is 7.11 Å². The Bertz CT molecular complexity index is 414. The summed E-state index contributed by atoms with van der Waals surface area (Å²) >= 11 is 0. The molecule has 120 valence electrons. The van der Waals surface area contributed by atoms with E-state index in [2.05, 4.69) is 63.3 Å². The maximum atomic E-state index is 5.31. The van der Waals surface area contributed by atoms with Gasteiger partial charge in [0.1, 0.15) is 5.75 Å². The Hall–Kier alpha value is -1.06. The molecule has 0 amide bonds. The van der Waals surface area contributed by atoms with Gasteiger partial charge in [-0.3, -0.25) is 0 Å². The molecule has 0 fully saturated rings. The van der Waals surface area contributed by atoms with Crippen LogP contribution in [-0.4, -0.2) is 38.7 Å². The quantitative estimate of drug-likeness (QED) is 0.754. The normalized spacial score (nSPS) is 13.0. The summed E-state index contributed by atoms with van der Waals surface area (Å²) in [5.41, 5.74) is 2.51. The van der Waals surface area contributed by atoms with E-state index in [1.54, 1.807) is 7.11 Å². The van der Waals surface area contributed by atoms with Crippen molar-refractivity contribution in [2.24, 2.45) is 5.92 Å². The second-order valence-corrected chi connectivity index (χ2v) is 6.04. The second kappa shape index (κ2) is 9.06. The number of ether oxygens (including phenoxy) is 1. The van der Waals surface area contributed by atoms with E-state index in [4.69, 9.17) is 4.74 Å². The number of methoxy groups -OCH3 is 1. The first-order chi connectivity index (χ1) is 10.0. The Morgan fingerprint density at radius 2 is 1.86 bits per heavy atom. The predicted molar refractivity (Wildman–Crippen MR) is 91.0 cm³/mol. The molecule has 1 N–H and O–H groups in total. The van der Waals surface area contributed by atoms with Gasteiger partial charge in [-0.05, 0) is 44.1 Å². The first-order valence-corrected chi connectivity index (χ1v) is 8.04. The van der Waals surface area contributed by atoms with Gasteiger partial charge in [0.15, 0.2) is 0 Å². The molecule has 0 saturated carbocycles. The van der Waals surface area contributed by atoms with Crippen LogP contribution in [0.4, 0.5) is 0 Å². The lowest BCUT2D eigenvalue weighted by Crippen LogP contribution is -2.42. The molecule has 1 aromatic rings. The van der Waals surface area contributed by atoms with Crippen molar-refractivity contribution in [3.05, 3.63) is 29.3 Å². The van der Waals surface area contributed by atoms with Crippen LogP contribution in [0.2, 0.25) is 0 Å². The van der Waals surface area contributed by atoms with Crippen molar-refractivity contribution in [3.63, 3.8) is 0 Å². The minimum Gasteiger partial charge on any atom is -0.496 e. The SMILES string of the molecule is CCC(CC)C(CNCc1ccc(OC)c(C)c1)N(C)C. The summed E-state index contributed by atoms with van der Waals surface area (Å²) in [4.78, 5) is 2.35. The maximum absolute atomic E-state index is 5.31. The molecule has 0 aliphatic heterocycles. The van der Waals surface area contributed by atoms with E-state index in [0.29, 0.717) is 6.04 Å². The van der Waals surface area contributed by atoms with Gasteiger partial charge in [0, 0.05) is 19.1 Å². The van der Waals surface area contributed by atoms with Gasteiger partial charge < -0.3 is 15.0 Å². The molecule has 0 radical (unpaired) electrons. The van der Waals surface area contributed by atoms with E-state index in [1.165, 1.54) is 24.0 Å². The largest absolute Gasteiger partial charge is 0.496 e. The van der Waals surface area contributed by atoms with E-state index < -0.39 is 0 Å². The van der Waals surface area contributed by atoms with Crippen LogP contribution in [0.1, 0.15) is 37.8 Å². The van der Waals surface area contributed by atoms with Crippen LogP contribution < -0.4 is 10.1 Å². The topological polar surface area (TPSA) is 24.5 Å². The lowest BCUT2D eigenvalue weighted by atomic mass is 9.93. The summed E-state index contributed by atoms with van der Waals surface area (Å²) in [5, 5.41) is 3.61. The Morgan fingerprint density at radius 3 is 2.33 bits per heavy atom. The summed E-state index contributed by atoms with van der Waals surface area (Å²) < 4.78 is 5.31. The number of rotatable bonds is 9. The van der Waals surface area contributed by atoms with Gasteiger partial charge in [-0.15, -0.1) is 0 Å². The molecular formula is C18H32N2O. The van der Waals surface area contributed by atoms with E-state index in [1.807, 2.05) is 0 Å². The molecule has 21 heavy (non-hydrogen) atoms. The highest BCUT2D eigenvalue weighted by atomic mass is 16.5. The number of aryl methyl sites for hydroxylation is 1. The Morgan fingerprint density at radius 1 is 1.19 bits per heavy atom. The van der Waals surface area contributed by atoms with Gasteiger partial charge in [-0.25, -0.2) is 0 Å². The highest BCUT2D eigenvalue weighted by Gasteiger charge is 2.19. The first-order valence-electron chi connectivity index (χ1n) is 8.04. The van der Waals surface area contributed by atoms with Gasteiger partial charge in [0.2, 0.25) is 0 Å². The number of likely N-dealkylation sites (N-methyl/N-ethyl adjacent to an activating group) is 1. The summed E-state index contributed by atoms with van der Waals surface area (Å²) in [6.07, 6.45) is 2.48. The summed E-state index contributed by atoms with van der Waals surface area (Å²) in [5.74, 6) is 1.71. The van der Waals surface area contributed by atoms with Gasteiger partial charge in [0.25, 0.3) is 0 Å². The zero-order chi connectivity index (χ0) is 15.8. The molecular weight excluding hydrogens is 260 g/mol. The fourth-order valence-corrected chi connectivity index (χ4v) is 3.02. The van der Waals surface area contributed by atoms with E-state index in [9.17, 15) is 0 Å². The van der Waals surface area contributed by atoms with E-state index in [-0.39, 0.29) is 0 Å². The van der Waals surface area contributed by atoms with Crippen molar-refractivity contribution >= 4 is 0 Å². The maximum Gasteiger partial charge on any atom is 0.121 e. The third-order valence-electron chi connectivity index (χ3n) is 4.40. The van der Waals surface area contributed by atoms with Gasteiger partial charge in [-0.2, -0.15) is 0 Å². The molecule has 1 atom stereocenters. The van der Waals surface area contributed by atoms with Crippen molar-refractivity contribution < 1.29 is 4.74 Å². The van der Waals surface area contributed by atoms with Crippen LogP contribution >= 0.6 is 0 Å². The highest BCUT2D eigenvalue weighted by molar-refractivity contribution is 5.36. The fraction of sp³-hybridized carbons (Fsp3) is 0.667. The standard InChI is InChI=1S/C18H32N2O/c1-7-16(8-2)17(20(4)5)13-19-12-15-9-10-18(21-6)14(3)11-15/h9-11,16-17,19H,7-8,12-13H2,1-6H3. The number of hydrogen-bond donors (Lipinski definition) is 1. The fourth-order valence-electron chi connectivity index (χ4n) is 3.02.